The number of amides is 4. The summed E-state index contributed by atoms with van der Waals surface area (Å²) in [4.78, 5) is 43.6. The van der Waals surface area contributed by atoms with E-state index in [9.17, 15) is 19.2 Å². The average Bonchev–Trinajstić information content (AvgIpc) is 2.33. The van der Waals surface area contributed by atoms with Crippen molar-refractivity contribution in [1.82, 2.24) is 16.0 Å². The van der Waals surface area contributed by atoms with Crippen LogP contribution in [0.5, 0.6) is 0 Å². The van der Waals surface area contributed by atoms with E-state index < -0.39 is 23.9 Å². The third-order valence-corrected chi connectivity index (χ3v) is 2.20. The largest absolute Gasteiger partial charge is 0.480 e. The zero-order valence-electron chi connectivity index (χ0n) is 10.6. The summed E-state index contributed by atoms with van der Waals surface area (Å²) in [6.45, 7) is 0.0770. The molecule has 9 nitrogen and oxygen atoms in total. The van der Waals surface area contributed by atoms with E-state index >= 15 is 0 Å². The molecule has 0 rings (SSSR count). The van der Waals surface area contributed by atoms with Crippen LogP contribution in [0.25, 0.3) is 0 Å². The number of carbonyl (C=O) groups is 4. The van der Waals surface area contributed by atoms with Crippen LogP contribution < -0.4 is 21.7 Å². The lowest BCUT2D eigenvalue weighted by molar-refractivity contribution is -0.139. The molecule has 0 aliphatic carbocycles. The van der Waals surface area contributed by atoms with Crippen molar-refractivity contribution in [3.8, 4) is 0 Å². The Morgan fingerprint density at radius 3 is 2.32 bits per heavy atom. The number of aliphatic carboxylic acids is 1. The number of carbonyl (C=O) groups excluding carboxylic acids is 3. The van der Waals surface area contributed by atoms with E-state index in [1.165, 1.54) is 7.05 Å². The Morgan fingerprint density at radius 2 is 1.84 bits per heavy atom. The van der Waals surface area contributed by atoms with Crippen molar-refractivity contribution >= 4 is 23.8 Å². The van der Waals surface area contributed by atoms with Gasteiger partial charge in [0, 0.05) is 26.4 Å². The molecule has 108 valence electrons. The number of urea groups is 1. The molecule has 0 heterocycles. The van der Waals surface area contributed by atoms with E-state index in [0.29, 0.717) is 0 Å². The number of nitrogens with one attached hydrogen (secondary N) is 3. The number of carboxylic acids is 1. The second kappa shape index (κ2) is 8.72. The molecular weight excluding hydrogens is 256 g/mol. The van der Waals surface area contributed by atoms with Gasteiger partial charge in [0.25, 0.3) is 0 Å². The predicted molar refractivity (Wildman–Crippen MR) is 65.1 cm³/mol. The minimum absolute atomic E-state index is 0.0770. The highest BCUT2D eigenvalue weighted by Gasteiger charge is 2.20. The average molecular weight is 274 g/mol. The van der Waals surface area contributed by atoms with Crippen molar-refractivity contribution in [3.05, 3.63) is 0 Å². The maximum atomic E-state index is 11.3. The van der Waals surface area contributed by atoms with Gasteiger partial charge in [-0.25, -0.2) is 9.59 Å². The molecule has 0 aliphatic heterocycles. The van der Waals surface area contributed by atoms with Crippen LogP contribution in [0.15, 0.2) is 0 Å². The lowest BCUT2D eigenvalue weighted by atomic mass is 10.1. The molecule has 0 bridgehead atoms. The summed E-state index contributed by atoms with van der Waals surface area (Å²) in [6.07, 6.45) is -0.147. The Bertz CT molecular complexity index is 358. The second-order valence-corrected chi connectivity index (χ2v) is 3.72. The molecule has 0 aliphatic rings. The smallest absolute Gasteiger partial charge is 0.326 e. The summed E-state index contributed by atoms with van der Waals surface area (Å²) in [5, 5.41) is 15.7. The summed E-state index contributed by atoms with van der Waals surface area (Å²) in [6, 6.07) is -1.92. The maximum Gasteiger partial charge on any atom is 0.326 e. The molecule has 19 heavy (non-hydrogen) atoms. The quantitative estimate of drug-likeness (QED) is 0.351. The Morgan fingerprint density at radius 1 is 1.21 bits per heavy atom. The lowest BCUT2D eigenvalue weighted by Crippen LogP contribution is -2.47. The number of rotatable bonds is 8. The molecule has 6 N–H and O–H groups in total. The van der Waals surface area contributed by atoms with E-state index in [1.54, 1.807) is 0 Å². The minimum atomic E-state index is -1.26. The van der Waals surface area contributed by atoms with E-state index in [0.717, 1.165) is 0 Å². The first-order chi connectivity index (χ1) is 8.86. The van der Waals surface area contributed by atoms with Crippen LogP contribution in [0.3, 0.4) is 0 Å². The van der Waals surface area contributed by atoms with Crippen molar-refractivity contribution in [2.75, 3.05) is 13.6 Å². The molecule has 1 atom stereocenters. The Hall–Kier alpha value is -2.32. The number of primary amides is 1. The van der Waals surface area contributed by atoms with Gasteiger partial charge in [0.1, 0.15) is 6.04 Å². The van der Waals surface area contributed by atoms with Crippen LogP contribution in [0.4, 0.5) is 4.79 Å². The molecule has 0 radical (unpaired) electrons. The molecule has 0 aromatic carbocycles. The van der Waals surface area contributed by atoms with E-state index in [1.807, 2.05) is 0 Å². The van der Waals surface area contributed by atoms with Gasteiger partial charge in [-0.1, -0.05) is 0 Å². The standard InChI is InChI=1S/C10H18N4O5/c1-12-8(16)4-5-13-10(19)14-6(9(17)18)2-3-7(11)15/h6H,2-5H2,1H3,(H2,11,15)(H,12,16)(H,17,18)(H2,13,14,19)/t6-/m0/s1. The Labute approximate surface area is 109 Å². The molecule has 0 aromatic rings. The van der Waals surface area contributed by atoms with Crippen LogP contribution in [0.1, 0.15) is 19.3 Å². The fraction of sp³-hybridized carbons (Fsp3) is 0.600. The number of hydrogen-bond donors (Lipinski definition) is 5. The van der Waals surface area contributed by atoms with Gasteiger partial charge in [0.2, 0.25) is 11.8 Å². The number of nitrogens with two attached hydrogens (primary N) is 1. The van der Waals surface area contributed by atoms with E-state index in [2.05, 4.69) is 16.0 Å². The third kappa shape index (κ3) is 8.41. The fourth-order valence-electron chi connectivity index (χ4n) is 1.17. The zero-order valence-corrected chi connectivity index (χ0v) is 10.6. The third-order valence-electron chi connectivity index (χ3n) is 2.20. The number of carboxylic acid groups (broad SMARTS) is 1. The van der Waals surface area contributed by atoms with Gasteiger partial charge in [0.05, 0.1) is 0 Å². The summed E-state index contributed by atoms with van der Waals surface area (Å²) < 4.78 is 0. The number of hydrogen-bond acceptors (Lipinski definition) is 4. The molecule has 0 fully saturated rings. The van der Waals surface area contributed by atoms with Gasteiger partial charge in [-0.15, -0.1) is 0 Å². The highest BCUT2D eigenvalue weighted by Crippen LogP contribution is 1.97. The maximum absolute atomic E-state index is 11.3. The molecule has 0 spiro atoms. The van der Waals surface area contributed by atoms with Gasteiger partial charge in [-0.05, 0) is 6.42 Å². The van der Waals surface area contributed by atoms with Crippen LogP contribution in [0, 0.1) is 0 Å². The lowest BCUT2D eigenvalue weighted by Gasteiger charge is -2.14. The molecule has 0 saturated heterocycles. The van der Waals surface area contributed by atoms with Crippen molar-refractivity contribution in [2.45, 2.75) is 25.3 Å². The molecule has 0 unspecified atom stereocenters. The van der Waals surface area contributed by atoms with Gasteiger partial charge >= 0.3 is 12.0 Å². The first-order valence-corrected chi connectivity index (χ1v) is 5.63. The van der Waals surface area contributed by atoms with Gasteiger partial charge < -0.3 is 26.8 Å². The topological polar surface area (TPSA) is 151 Å². The molecular formula is C10H18N4O5. The molecule has 9 heteroatoms. The van der Waals surface area contributed by atoms with E-state index in [-0.39, 0.29) is 31.7 Å². The van der Waals surface area contributed by atoms with Crippen molar-refractivity contribution < 1.29 is 24.3 Å². The van der Waals surface area contributed by atoms with Gasteiger partial charge in [0.15, 0.2) is 0 Å². The molecule has 0 aromatic heterocycles. The first-order valence-electron chi connectivity index (χ1n) is 5.63. The monoisotopic (exact) mass is 274 g/mol. The Kier molecular flexibility index (Phi) is 7.66. The molecule has 0 saturated carbocycles. The minimum Gasteiger partial charge on any atom is -0.480 e. The van der Waals surface area contributed by atoms with Crippen molar-refractivity contribution in [3.63, 3.8) is 0 Å². The van der Waals surface area contributed by atoms with Gasteiger partial charge in [-0.2, -0.15) is 0 Å². The second-order valence-electron chi connectivity index (χ2n) is 3.72. The molecule has 4 amide bonds. The van der Waals surface area contributed by atoms with Crippen molar-refractivity contribution in [1.29, 1.82) is 0 Å². The predicted octanol–water partition coefficient (Wildman–Crippen LogP) is -1.86. The van der Waals surface area contributed by atoms with Crippen LogP contribution in [-0.4, -0.2) is 48.6 Å². The highest BCUT2D eigenvalue weighted by atomic mass is 16.4. The zero-order chi connectivity index (χ0) is 14.8. The fourth-order valence-corrected chi connectivity index (χ4v) is 1.17. The van der Waals surface area contributed by atoms with E-state index in [4.69, 9.17) is 10.8 Å². The van der Waals surface area contributed by atoms with Crippen molar-refractivity contribution in [2.24, 2.45) is 5.73 Å². The first kappa shape index (κ1) is 16.7. The summed E-state index contributed by atoms with van der Waals surface area (Å²) in [5.41, 5.74) is 4.90. The normalized spacial score (nSPS) is 11.2. The Balaban J connectivity index is 4.06. The van der Waals surface area contributed by atoms with Crippen LogP contribution >= 0.6 is 0 Å². The summed E-state index contributed by atoms with van der Waals surface area (Å²) >= 11 is 0. The van der Waals surface area contributed by atoms with Crippen LogP contribution in [-0.2, 0) is 14.4 Å². The highest BCUT2D eigenvalue weighted by molar-refractivity contribution is 5.83. The summed E-state index contributed by atoms with van der Waals surface area (Å²) in [7, 11) is 1.46. The van der Waals surface area contributed by atoms with Gasteiger partial charge in [-0.3, -0.25) is 9.59 Å². The van der Waals surface area contributed by atoms with Crippen LogP contribution in [0.2, 0.25) is 0 Å². The SMILES string of the molecule is CNC(=O)CCNC(=O)N[C@@H](CCC(N)=O)C(=O)O. The summed E-state index contributed by atoms with van der Waals surface area (Å²) in [5.74, 6) is -2.15.